The summed E-state index contributed by atoms with van der Waals surface area (Å²) in [4.78, 5) is 21.5. The summed E-state index contributed by atoms with van der Waals surface area (Å²) in [5, 5.41) is 2.81. The Labute approximate surface area is 104 Å². The van der Waals surface area contributed by atoms with Crippen LogP contribution in [0.15, 0.2) is 36.8 Å². The second-order valence-electron chi connectivity index (χ2n) is 4.15. The van der Waals surface area contributed by atoms with Gasteiger partial charge >= 0.3 is 0 Å². The summed E-state index contributed by atoms with van der Waals surface area (Å²) in [6.45, 7) is 0.597. The predicted octanol–water partition coefficient (Wildman–Crippen LogP) is 1.49. The Morgan fingerprint density at radius 2 is 2.22 bits per heavy atom. The fourth-order valence-corrected chi connectivity index (χ4v) is 2.04. The van der Waals surface area contributed by atoms with Gasteiger partial charge in [-0.05, 0) is 29.8 Å². The number of carbonyl (C=O) groups is 1. The number of anilines is 2. The molecule has 0 saturated heterocycles. The Hall–Kier alpha value is -2.43. The normalized spacial score (nSPS) is 13.1. The molecular formula is C13H12N4O. The molecule has 0 bridgehead atoms. The van der Waals surface area contributed by atoms with E-state index in [1.807, 2.05) is 36.2 Å². The molecule has 2 aromatic rings. The molecule has 1 amide bonds. The topological polar surface area (TPSA) is 58.1 Å². The van der Waals surface area contributed by atoms with Gasteiger partial charge in [0.05, 0.1) is 0 Å². The van der Waals surface area contributed by atoms with Gasteiger partial charge in [-0.15, -0.1) is 0 Å². The van der Waals surface area contributed by atoms with Crippen molar-refractivity contribution in [3.63, 3.8) is 0 Å². The van der Waals surface area contributed by atoms with Crippen LogP contribution in [0.5, 0.6) is 0 Å². The van der Waals surface area contributed by atoms with E-state index in [1.165, 1.54) is 6.33 Å². The molecule has 18 heavy (non-hydrogen) atoms. The number of aromatic nitrogens is 2. The molecule has 1 aliphatic heterocycles. The molecule has 90 valence electrons. The Balaban J connectivity index is 1.97. The Morgan fingerprint density at radius 1 is 1.33 bits per heavy atom. The van der Waals surface area contributed by atoms with E-state index in [2.05, 4.69) is 15.3 Å². The van der Waals surface area contributed by atoms with Crippen LogP contribution in [0, 0.1) is 0 Å². The van der Waals surface area contributed by atoms with Crippen molar-refractivity contribution in [1.82, 2.24) is 15.3 Å². The van der Waals surface area contributed by atoms with Crippen molar-refractivity contribution in [3.8, 4) is 0 Å². The lowest BCUT2D eigenvalue weighted by atomic mass is 10.1. The number of hydrogen-bond donors (Lipinski definition) is 1. The molecule has 1 aromatic carbocycles. The number of rotatable bonds is 2. The molecule has 1 aromatic heterocycles. The zero-order valence-electron chi connectivity index (χ0n) is 9.92. The lowest BCUT2D eigenvalue weighted by Crippen LogP contribution is -2.12. The summed E-state index contributed by atoms with van der Waals surface area (Å²) in [5.74, 6) is 0.823. The first kappa shape index (κ1) is 10.7. The van der Waals surface area contributed by atoms with Gasteiger partial charge in [0.25, 0.3) is 5.91 Å². The van der Waals surface area contributed by atoms with Gasteiger partial charge in [0.1, 0.15) is 12.1 Å². The minimum atomic E-state index is 0.00115. The molecule has 0 spiro atoms. The average Bonchev–Trinajstić information content (AvgIpc) is 2.80. The molecule has 0 radical (unpaired) electrons. The van der Waals surface area contributed by atoms with E-state index in [0.717, 1.165) is 22.6 Å². The number of nitrogens with zero attached hydrogens (tertiary/aromatic N) is 3. The maximum Gasteiger partial charge on any atom is 0.251 e. The molecule has 0 atom stereocenters. The van der Waals surface area contributed by atoms with Gasteiger partial charge in [-0.25, -0.2) is 9.97 Å². The van der Waals surface area contributed by atoms with Crippen LogP contribution in [0.2, 0.25) is 0 Å². The number of carbonyl (C=O) groups excluding carboxylic acids is 1. The number of amides is 1. The summed E-state index contributed by atoms with van der Waals surface area (Å²) in [7, 11) is 1.94. The lowest BCUT2D eigenvalue weighted by Gasteiger charge is -2.18. The minimum absolute atomic E-state index is 0.00115. The van der Waals surface area contributed by atoms with E-state index in [0.29, 0.717) is 6.54 Å². The van der Waals surface area contributed by atoms with Crippen LogP contribution < -0.4 is 10.2 Å². The second-order valence-corrected chi connectivity index (χ2v) is 4.15. The predicted molar refractivity (Wildman–Crippen MR) is 67.7 cm³/mol. The van der Waals surface area contributed by atoms with E-state index >= 15 is 0 Å². The molecule has 2 heterocycles. The van der Waals surface area contributed by atoms with Gasteiger partial charge in [-0.3, -0.25) is 4.79 Å². The molecular weight excluding hydrogens is 228 g/mol. The first-order valence-electron chi connectivity index (χ1n) is 5.66. The summed E-state index contributed by atoms with van der Waals surface area (Å²) in [6.07, 6.45) is 3.22. The zero-order valence-corrected chi connectivity index (χ0v) is 9.92. The van der Waals surface area contributed by atoms with Gasteiger partial charge in [0.15, 0.2) is 0 Å². The third-order valence-electron chi connectivity index (χ3n) is 3.07. The van der Waals surface area contributed by atoms with Gasteiger partial charge in [0, 0.05) is 31.0 Å². The highest BCUT2D eigenvalue weighted by Gasteiger charge is 2.19. The Bertz CT molecular complexity index is 597. The van der Waals surface area contributed by atoms with Crippen molar-refractivity contribution in [2.75, 3.05) is 11.9 Å². The second kappa shape index (κ2) is 4.10. The maximum absolute atomic E-state index is 11.5. The SMILES string of the molecule is CN(c1ccc2c(c1)CNC2=O)c1ccncn1. The van der Waals surface area contributed by atoms with Crippen LogP contribution in [0.25, 0.3) is 0 Å². The third kappa shape index (κ3) is 1.69. The summed E-state index contributed by atoms with van der Waals surface area (Å²) in [5.41, 5.74) is 2.79. The minimum Gasteiger partial charge on any atom is -0.348 e. The van der Waals surface area contributed by atoms with E-state index in [4.69, 9.17) is 0 Å². The quantitative estimate of drug-likeness (QED) is 0.864. The fourth-order valence-electron chi connectivity index (χ4n) is 2.04. The van der Waals surface area contributed by atoms with E-state index < -0.39 is 0 Å². The van der Waals surface area contributed by atoms with Crippen molar-refractivity contribution in [1.29, 1.82) is 0 Å². The van der Waals surface area contributed by atoms with Crippen molar-refractivity contribution in [3.05, 3.63) is 47.9 Å². The summed E-state index contributed by atoms with van der Waals surface area (Å²) in [6, 6.07) is 7.63. The van der Waals surface area contributed by atoms with Crippen molar-refractivity contribution < 1.29 is 4.79 Å². The Morgan fingerprint density at radius 3 is 3.00 bits per heavy atom. The van der Waals surface area contributed by atoms with Crippen LogP contribution >= 0.6 is 0 Å². The van der Waals surface area contributed by atoms with Crippen molar-refractivity contribution in [2.45, 2.75) is 6.54 Å². The standard InChI is InChI=1S/C13H12N4O/c1-17(12-4-5-14-8-16-12)10-2-3-11-9(6-10)7-15-13(11)18/h2-6,8H,7H2,1H3,(H,15,18). The number of benzene rings is 1. The molecule has 0 saturated carbocycles. The number of fused-ring (bicyclic) bond motifs is 1. The first-order chi connectivity index (χ1) is 8.75. The fraction of sp³-hybridized carbons (Fsp3) is 0.154. The van der Waals surface area contributed by atoms with E-state index in [9.17, 15) is 4.79 Å². The van der Waals surface area contributed by atoms with Gasteiger partial charge < -0.3 is 10.2 Å². The summed E-state index contributed by atoms with van der Waals surface area (Å²) < 4.78 is 0. The highest BCUT2D eigenvalue weighted by molar-refractivity contribution is 5.98. The lowest BCUT2D eigenvalue weighted by molar-refractivity contribution is 0.0966. The largest absolute Gasteiger partial charge is 0.348 e. The van der Waals surface area contributed by atoms with Crippen LogP contribution in [-0.4, -0.2) is 22.9 Å². The molecule has 1 N–H and O–H groups in total. The van der Waals surface area contributed by atoms with Crippen molar-refractivity contribution in [2.24, 2.45) is 0 Å². The van der Waals surface area contributed by atoms with Gasteiger partial charge in [0.2, 0.25) is 0 Å². The zero-order chi connectivity index (χ0) is 12.5. The molecule has 5 nitrogen and oxygen atoms in total. The first-order valence-corrected chi connectivity index (χ1v) is 5.66. The highest BCUT2D eigenvalue weighted by Crippen LogP contribution is 2.25. The number of hydrogen-bond acceptors (Lipinski definition) is 4. The average molecular weight is 240 g/mol. The van der Waals surface area contributed by atoms with E-state index in [-0.39, 0.29) is 5.91 Å². The smallest absolute Gasteiger partial charge is 0.251 e. The van der Waals surface area contributed by atoms with Crippen LogP contribution in [0.3, 0.4) is 0 Å². The molecule has 0 unspecified atom stereocenters. The maximum atomic E-state index is 11.5. The monoisotopic (exact) mass is 240 g/mol. The van der Waals surface area contributed by atoms with Crippen LogP contribution in [0.1, 0.15) is 15.9 Å². The van der Waals surface area contributed by atoms with Crippen LogP contribution in [-0.2, 0) is 6.54 Å². The van der Waals surface area contributed by atoms with Crippen LogP contribution in [0.4, 0.5) is 11.5 Å². The molecule has 0 aliphatic carbocycles. The number of nitrogens with one attached hydrogen (secondary N) is 1. The van der Waals surface area contributed by atoms with Gasteiger partial charge in [-0.1, -0.05) is 0 Å². The molecule has 3 rings (SSSR count). The summed E-state index contributed by atoms with van der Waals surface area (Å²) >= 11 is 0. The third-order valence-corrected chi connectivity index (χ3v) is 3.07. The van der Waals surface area contributed by atoms with E-state index in [1.54, 1.807) is 6.20 Å². The Kier molecular flexibility index (Phi) is 2.44. The van der Waals surface area contributed by atoms with Crippen molar-refractivity contribution >= 4 is 17.4 Å². The van der Waals surface area contributed by atoms with Gasteiger partial charge in [-0.2, -0.15) is 0 Å². The molecule has 5 heteroatoms. The molecule has 0 fully saturated rings. The highest BCUT2D eigenvalue weighted by atomic mass is 16.1. The molecule has 1 aliphatic rings.